The highest BCUT2D eigenvalue weighted by Crippen LogP contribution is 2.36. The number of nitrogens with zero attached hydrogens (tertiary/aromatic N) is 2. The molecule has 4 heterocycles. The minimum atomic E-state index is 0.542. The van der Waals surface area contributed by atoms with Crippen LogP contribution in [0.3, 0.4) is 0 Å². The maximum absolute atomic E-state index is 6.19. The average Bonchev–Trinajstić information content (AvgIpc) is 3.62. The standard InChI is InChI=1S/C33H34N6S/c1-19(2)14-25(36-21(4)22-6-5-7-22)15-24(18-34)23-9-10-29-26(16-23)32(39-38-29)30-17-27-28(37-30)12-13-35-33(27)31-11-8-20(3)40-31/h8-18,22,36-37H,4-7,34H2,1-3H3,(H,38,39)/b24-18+,25-15+. The van der Waals surface area contributed by atoms with Crippen LogP contribution in [0.4, 0.5) is 0 Å². The number of hydrogen-bond acceptors (Lipinski definition) is 5. The zero-order valence-electron chi connectivity index (χ0n) is 23.1. The summed E-state index contributed by atoms with van der Waals surface area (Å²) in [5.74, 6) is 0.542. The van der Waals surface area contributed by atoms with Crippen molar-refractivity contribution in [3.05, 3.63) is 101 Å². The number of rotatable bonds is 8. The van der Waals surface area contributed by atoms with Crippen LogP contribution in [0.15, 0.2) is 90.6 Å². The lowest BCUT2D eigenvalue weighted by atomic mass is 9.83. The van der Waals surface area contributed by atoms with Gasteiger partial charge in [0.05, 0.1) is 21.8 Å². The number of nitrogens with one attached hydrogen (secondary N) is 3. The van der Waals surface area contributed by atoms with E-state index >= 15 is 0 Å². The molecule has 0 bridgehead atoms. The van der Waals surface area contributed by atoms with E-state index in [1.807, 2.05) is 12.3 Å². The molecule has 4 aromatic heterocycles. The van der Waals surface area contributed by atoms with Crippen LogP contribution in [-0.2, 0) is 0 Å². The highest BCUT2D eigenvalue weighted by Gasteiger charge is 2.21. The predicted octanol–water partition coefficient (Wildman–Crippen LogP) is 8.20. The number of aromatic nitrogens is 4. The quantitative estimate of drug-likeness (QED) is 0.148. The number of pyridine rings is 1. The summed E-state index contributed by atoms with van der Waals surface area (Å²) in [6.07, 6.45) is 11.4. The maximum Gasteiger partial charge on any atom is 0.116 e. The zero-order valence-corrected chi connectivity index (χ0v) is 24.0. The van der Waals surface area contributed by atoms with Crippen LogP contribution in [0.2, 0.25) is 0 Å². The largest absolute Gasteiger partial charge is 0.404 e. The summed E-state index contributed by atoms with van der Waals surface area (Å²) in [6.45, 7) is 10.6. The molecule has 1 fully saturated rings. The lowest BCUT2D eigenvalue weighted by Crippen LogP contribution is -2.23. The third-order valence-electron chi connectivity index (χ3n) is 7.51. The van der Waals surface area contributed by atoms with E-state index < -0.39 is 0 Å². The van der Waals surface area contributed by atoms with Crippen molar-refractivity contribution < 1.29 is 0 Å². The second-order valence-corrected chi connectivity index (χ2v) is 12.1. The zero-order chi connectivity index (χ0) is 27.8. The molecule has 5 N–H and O–H groups in total. The number of H-pyrrole nitrogens is 2. The predicted molar refractivity (Wildman–Crippen MR) is 169 cm³/mol. The Morgan fingerprint density at radius 2 is 1.88 bits per heavy atom. The first-order valence-corrected chi connectivity index (χ1v) is 14.5. The summed E-state index contributed by atoms with van der Waals surface area (Å²) >= 11 is 1.75. The Labute approximate surface area is 238 Å². The van der Waals surface area contributed by atoms with Gasteiger partial charge in [-0.1, -0.05) is 24.6 Å². The van der Waals surface area contributed by atoms with E-state index in [1.54, 1.807) is 17.5 Å². The van der Waals surface area contributed by atoms with Gasteiger partial charge in [-0.15, -0.1) is 11.3 Å². The van der Waals surface area contributed by atoms with Crippen molar-refractivity contribution in [3.8, 4) is 22.0 Å². The fourth-order valence-corrected chi connectivity index (χ4v) is 6.08. The number of benzene rings is 1. The van der Waals surface area contributed by atoms with Gasteiger partial charge in [0.25, 0.3) is 0 Å². The van der Waals surface area contributed by atoms with Gasteiger partial charge in [-0.25, -0.2) is 0 Å². The first kappa shape index (κ1) is 25.9. The topological polar surface area (TPSA) is 95.4 Å². The highest BCUT2D eigenvalue weighted by molar-refractivity contribution is 7.15. The summed E-state index contributed by atoms with van der Waals surface area (Å²) in [4.78, 5) is 10.7. The molecule has 0 amide bonds. The fraction of sp³-hybridized carbons (Fsp3) is 0.212. The van der Waals surface area contributed by atoms with Gasteiger partial charge in [0.1, 0.15) is 5.69 Å². The maximum atomic E-state index is 6.19. The molecule has 6 nitrogen and oxygen atoms in total. The fourth-order valence-electron chi connectivity index (χ4n) is 5.20. The van der Waals surface area contributed by atoms with Crippen molar-refractivity contribution in [2.75, 3.05) is 0 Å². The minimum Gasteiger partial charge on any atom is -0.404 e. The number of aromatic amines is 2. The second-order valence-electron chi connectivity index (χ2n) is 10.8. The molecule has 1 aliphatic rings. The molecule has 0 saturated heterocycles. The van der Waals surface area contributed by atoms with Gasteiger partial charge in [-0.2, -0.15) is 5.10 Å². The van der Waals surface area contributed by atoms with Crippen LogP contribution >= 0.6 is 11.3 Å². The SMILES string of the molecule is C=C(N/C(C=C(C)C)=C/C(=C\N)c1ccc2[nH]nc(-c3cc4c(-c5ccc(C)s5)nccc4[nH]3)c2c1)C1CCC1. The third-order valence-corrected chi connectivity index (χ3v) is 8.52. The number of thiophene rings is 1. The van der Waals surface area contributed by atoms with Crippen LogP contribution in [0.25, 0.3) is 49.3 Å². The number of fused-ring (bicyclic) bond motifs is 2. The molecule has 1 aromatic carbocycles. The molecule has 0 radical (unpaired) electrons. The summed E-state index contributed by atoms with van der Waals surface area (Å²) in [7, 11) is 0. The number of hydrogen-bond donors (Lipinski definition) is 4. The third kappa shape index (κ3) is 5.00. The molecule has 1 aliphatic carbocycles. The Morgan fingerprint density at radius 3 is 2.58 bits per heavy atom. The van der Waals surface area contributed by atoms with Crippen molar-refractivity contribution >= 4 is 38.7 Å². The van der Waals surface area contributed by atoms with Crippen LogP contribution in [0, 0.1) is 12.8 Å². The van der Waals surface area contributed by atoms with Crippen molar-refractivity contribution in [2.24, 2.45) is 11.7 Å². The van der Waals surface area contributed by atoms with E-state index in [9.17, 15) is 0 Å². The highest BCUT2D eigenvalue weighted by atomic mass is 32.1. The Balaban J connectivity index is 1.38. The van der Waals surface area contributed by atoms with E-state index in [-0.39, 0.29) is 0 Å². The molecule has 202 valence electrons. The van der Waals surface area contributed by atoms with Gasteiger partial charge in [0.15, 0.2) is 0 Å². The van der Waals surface area contributed by atoms with Crippen molar-refractivity contribution in [3.63, 3.8) is 0 Å². The first-order chi connectivity index (χ1) is 19.4. The van der Waals surface area contributed by atoms with Gasteiger partial charge in [-0.3, -0.25) is 10.1 Å². The van der Waals surface area contributed by atoms with Gasteiger partial charge in [0.2, 0.25) is 0 Å². The summed E-state index contributed by atoms with van der Waals surface area (Å²) < 4.78 is 0. The molecule has 0 atom stereocenters. The monoisotopic (exact) mass is 546 g/mol. The van der Waals surface area contributed by atoms with E-state index in [0.29, 0.717) is 5.92 Å². The van der Waals surface area contributed by atoms with Gasteiger partial charge >= 0.3 is 0 Å². The molecule has 40 heavy (non-hydrogen) atoms. The summed E-state index contributed by atoms with van der Waals surface area (Å²) in [5, 5.41) is 13.6. The normalized spacial score (nSPS) is 14.5. The smallest absolute Gasteiger partial charge is 0.116 e. The van der Waals surface area contributed by atoms with Crippen molar-refractivity contribution in [1.29, 1.82) is 0 Å². The van der Waals surface area contributed by atoms with Gasteiger partial charge in [-0.05, 0) is 99.2 Å². The Morgan fingerprint density at radius 1 is 1.05 bits per heavy atom. The molecular weight excluding hydrogens is 512 g/mol. The molecule has 7 heteroatoms. The molecule has 6 rings (SSSR count). The molecule has 0 aliphatic heterocycles. The Kier molecular flexibility index (Phi) is 6.90. The van der Waals surface area contributed by atoms with Crippen molar-refractivity contribution in [1.82, 2.24) is 25.5 Å². The van der Waals surface area contributed by atoms with E-state index in [2.05, 4.69) is 91.3 Å². The lowest BCUT2D eigenvalue weighted by molar-refractivity contribution is 0.356. The summed E-state index contributed by atoms with van der Waals surface area (Å²) in [5.41, 5.74) is 16.2. The number of nitrogens with two attached hydrogens (primary N) is 1. The first-order valence-electron chi connectivity index (χ1n) is 13.7. The minimum absolute atomic E-state index is 0.542. The van der Waals surface area contributed by atoms with Crippen LogP contribution in [-0.4, -0.2) is 20.2 Å². The van der Waals surface area contributed by atoms with Crippen LogP contribution in [0.5, 0.6) is 0 Å². The molecule has 0 unspecified atom stereocenters. The number of aryl methyl sites for hydroxylation is 1. The Bertz CT molecular complexity index is 1820. The van der Waals surface area contributed by atoms with E-state index in [1.165, 1.54) is 29.7 Å². The molecular formula is C33H34N6S. The molecule has 5 aromatic rings. The van der Waals surface area contributed by atoms with Gasteiger partial charge in [0, 0.05) is 45.0 Å². The van der Waals surface area contributed by atoms with E-state index in [4.69, 9.17) is 15.8 Å². The van der Waals surface area contributed by atoms with Crippen LogP contribution in [0.1, 0.15) is 43.6 Å². The average molecular weight is 547 g/mol. The number of allylic oxidation sites excluding steroid dienone is 5. The van der Waals surface area contributed by atoms with Crippen molar-refractivity contribution in [2.45, 2.75) is 40.0 Å². The van der Waals surface area contributed by atoms with Crippen LogP contribution < -0.4 is 11.1 Å². The molecule has 1 saturated carbocycles. The Hall–Kier alpha value is -4.36. The van der Waals surface area contributed by atoms with Gasteiger partial charge < -0.3 is 16.0 Å². The summed E-state index contributed by atoms with van der Waals surface area (Å²) in [6, 6.07) is 14.7. The van der Waals surface area contributed by atoms with E-state index in [0.717, 1.165) is 66.3 Å². The second kappa shape index (κ2) is 10.7. The lowest BCUT2D eigenvalue weighted by Gasteiger charge is -2.28. The molecule has 0 spiro atoms.